The number of benzene rings is 1. The Morgan fingerprint density at radius 1 is 1.47 bits per heavy atom. The highest BCUT2D eigenvalue weighted by molar-refractivity contribution is 5.70. The number of carbonyl (C=O) groups is 1. The first-order valence-corrected chi connectivity index (χ1v) is 6.12. The number of ether oxygens (including phenoxy) is 1. The lowest BCUT2D eigenvalue weighted by Crippen LogP contribution is -2.31. The van der Waals surface area contributed by atoms with Crippen molar-refractivity contribution in [3.63, 3.8) is 0 Å². The Morgan fingerprint density at radius 2 is 2.29 bits per heavy atom. The number of anilines is 1. The first-order chi connectivity index (χ1) is 8.20. The molecule has 3 heteroatoms. The van der Waals surface area contributed by atoms with Crippen molar-refractivity contribution in [3.05, 3.63) is 29.3 Å². The molecule has 0 radical (unpaired) electrons. The number of hydrogen-bond acceptors (Lipinski definition) is 3. The maximum absolute atomic E-state index is 11.2. The Labute approximate surface area is 102 Å². The predicted octanol–water partition coefficient (Wildman–Crippen LogP) is 2.31. The van der Waals surface area contributed by atoms with E-state index in [0.717, 1.165) is 25.9 Å². The van der Waals surface area contributed by atoms with Crippen LogP contribution in [0.5, 0.6) is 0 Å². The van der Waals surface area contributed by atoms with Gasteiger partial charge in [-0.15, -0.1) is 0 Å². The van der Waals surface area contributed by atoms with Gasteiger partial charge in [-0.1, -0.05) is 17.7 Å². The lowest BCUT2D eigenvalue weighted by atomic mass is 9.99. The summed E-state index contributed by atoms with van der Waals surface area (Å²) in [6.07, 6.45) is 2.77. The molecule has 1 aliphatic rings. The molecule has 0 unspecified atom stereocenters. The average molecular weight is 233 g/mol. The molecule has 0 saturated heterocycles. The highest BCUT2D eigenvalue weighted by Crippen LogP contribution is 2.27. The largest absolute Gasteiger partial charge is 0.469 e. The molecule has 0 N–H and O–H groups in total. The molecule has 0 aromatic heterocycles. The van der Waals surface area contributed by atoms with Crippen LogP contribution in [0.25, 0.3) is 0 Å². The average Bonchev–Trinajstić information content (AvgIpc) is 2.35. The van der Waals surface area contributed by atoms with Crippen molar-refractivity contribution in [2.24, 2.45) is 0 Å². The number of rotatable bonds is 3. The molecule has 0 fully saturated rings. The molecule has 1 aromatic rings. The van der Waals surface area contributed by atoms with Crippen LogP contribution >= 0.6 is 0 Å². The topological polar surface area (TPSA) is 29.5 Å². The maximum Gasteiger partial charge on any atom is 0.307 e. The molecule has 0 saturated carbocycles. The molecule has 0 amide bonds. The van der Waals surface area contributed by atoms with Crippen LogP contribution in [-0.4, -0.2) is 26.2 Å². The molecular formula is C14H19NO2. The zero-order chi connectivity index (χ0) is 12.3. The second-order valence-corrected chi connectivity index (χ2v) is 4.55. The number of aryl methyl sites for hydroxylation is 2. The molecule has 2 rings (SSSR count). The third-order valence-corrected chi connectivity index (χ3v) is 3.26. The molecule has 1 heterocycles. The summed E-state index contributed by atoms with van der Waals surface area (Å²) >= 11 is 0. The number of hydrogen-bond donors (Lipinski definition) is 0. The zero-order valence-electron chi connectivity index (χ0n) is 10.5. The molecule has 0 atom stereocenters. The van der Waals surface area contributed by atoms with E-state index in [0.29, 0.717) is 6.42 Å². The van der Waals surface area contributed by atoms with Gasteiger partial charge in [-0.05, 0) is 31.4 Å². The quantitative estimate of drug-likeness (QED) is 0.750. The third-order valence-electron chi connectivity index (χ3n) is 3.26. The molecule has 17 heavy (non-hydrogen) atoms. The Bertz CT molecular complexity index is 415. The number of methoxy groups -OCH3 is 1. The van der Waals surface area contributed by atoms with Crippen molar-refractivity contribution in [3.8, 4) is 0 Å². The SMILES string of the molecule is COC(=O)CCN1CCCc2cc(C)ccc21. The predicted molar refractivity (Wildman–Crippen MR) is 68.3 cm³/mol. The minimum atomic E-state index is -0.135. The minimum absolute atomic E-state index is 0.135. The van der Waals surface area contributed by atoms with Gasteiger partial charge in [0.25, 0.3) is 0 Å². The molecule has 3 nitrogen and oxygen atoms in total. The van der Waals surface area contributed by atoms with E-state index in [-0.39, 0.29) is 5.97 Å². The summed E-state index contributed by atoms with van der Waals surface area (Å²) < 4.78 is 4.68. The van der Waals surface area contributed by atoms with Crippen molar-refractivity contribution in [2.75, 3.05) is 25.1 Å². The van der Waals surface area contributed by atoms with Gasteiger partial charge in [0.2, 0.25) is 0 Å². The van der Waals surface area contributed by atoms with Gasteiger partial charge in [-0.2, -0.15) is 0 Å². The van der Waals surface area contributed by atoms with Crippen molar-refractivity contribution >= 4 is 11.7 Å². The molecule has 1 aliphatic heterocycles. The fourth-order valence-electron chi connectivity index (χ4n) is 2.36. The van der Waals surface area contributed by atoms with E-state index in [9.17, 15) is 4.79 Å². The summed E-state index contributed by atoms with van der Waals surface area (Å²) in [5.41, 5.74) is 3.99. The fraction of sp³-hybridized carbons (Fsp3) is 0.500. The van der Waals surface area contributed by atoms with Gasteiger partial charge in [0.1, 0.15) is 0 Å². The summed E-state index contributed by atoms with van der Waals surface area (Å²) in [5.74, 6) is -0.135. The standard InChI is InChI=1S/C14H19NO2/c1-11-5-6-13-12(10-11)4-3-8-15(13)9-7-14(16)17-2/h5-6,10H,3-4,7-9H2,1-2H3. The lowest BCUT2D eigenvalue weighted by Gasteiger charge is -2.31. The Morgan fingerprint density at radius 3 is 3.06 bits per heavy atom. The molecule has 0 bridgehead atoms. The lowest BCUT2D eigenvalue weighted by molar-refractivity contribution is -0.140. The van der Waals surface area contributed by atoms with Crippen LogP contribution in [0, 0.1) is 6.92 Å². The number of esters is 1. The van der Waals surface area contributed by atoms with Crippen LogP contribution in [0.3, 0.4) is 0 Å². The van der Waals surface area contributed by atoms with Crippen LogP contribution in [0.4, 0.5) is 5.69 Å². The van der Waals surface area contributed by atoms with E-state index < -0.39 is 0 Å². The zero-order valence-corrected chi connectivity index (χ0v) is 10.5. The van der Waals surface area contributed by atoms with Gasteiger partial charge in [0.15, 0.2) is 0 Å². The van der Waals surface area contributed by atoms with E-state index >= 15 is 0 Å². The van der Waals surface area contributed by atoms with Crippen LogP contribution < -0.4 is 4.90 Å². The molecule has 0 aliphatic carbocycles. The van der Waals surface area contributed by atoms with Crippen molar-refractivity contribution in [1.29, 1.82) is 0 Å². The Kier molecular flexibility index (Phi) is 3.67. The maximum atomic E-state index is 11.2. The second-order valence-electron chi connectivity index (χ2n) is 4.55. The molecular weight excluding hydrogens is 214 g/mol. The van der Waals surface area contributed by atoms with Gasteiger partial charge >= 0.3 is 5.97 Å². The van der Waals surface area contributed by atoms with Crippen molar-refractivity contribution in [2.45, 2.75) is 26.2 Å². The van der Waals surface area contributed by atoms with Crippen molar-refractivity contribution in [1.82, 2.24) is 0 Å². The third kappa shape index (κ3) is 2.78. The van der Waals surface area contributed by atoms with Crippen LogP contribution in [0.2, 0.25) is 0 Å². The summed E-state index contributed by atoms with van der Waals surface area (Å²) in [6, 6.07) is 6.55. The first kappa shape index (κ1) is 12.0. The summed E-state index contributed by atoms with van der Waals surface area (Å²) in [6.45, 7) is 3.91. The van der Waals surface area contributed by atoms with Gasteiger partial charge in [-0.25, -0.2) is 0 Å². The van der Waals surface area contributed by atoms with E-state index in [4.69, 9.17) is 0 Å². The molecule has 92 valence electrons. The summed E-state index contributed by atoms with van der Waals surface area (Å²) in [7, 11) is 1.44. The van der Waals surface area contributed by atoms with E-state index in [1.807, 2.05) is 0 Å². The van der Waals surface area contributed by atoms with Gasteiger partial charge in [0.05, 0.1) is 13.5 Å². The monoisotopic (exact) mass is 233 g/mol. The highest BCUT2D eigenvalue weighted by atomic mass is 16.5. The van der Waals surface area contributed by atoms with Crippen molar-refractivity contribution < 1.29 is 9.53 Å². The van der Waals surface area contributed by atoms with E-state index in [1.165, 1.54) is 23.9 Å². The highest BCUT2D eigenvalue weighted by Gasteiger charge is 2.17. The van der Waals surface area contributed by atoms with Gasteiger partial charge < -0.3 is 9.64 Å². The molecule has 0 spiro atoms. The number of fused-ring (bicyclic) bond motifs is 1. The Balaban J connectivity index is 2.09. The minimum Gasteiger partial charge on any atom is -0.469 e. The van der Waals surface area contributed by atoms with Gasteiger partial charge in [0, 0.05) is 18.8 Å². The van der Waals surface area contributed by atoms with E-state index in [1.54, 1.807) is 0 Å². The number of carbonyl (C=O) groups excluding carboxylic acids is 1. The Hall–Kier alpha value is -1.51. The molecule has 1 aromatic carbocycles. The first-order valence-electron chi connectivity index (χ1n) is 6.12. The van der Waals surface area contributed by atoms with Crippen LogP contribution in [-0.2, 0) is 16.0 Å². The fourth-order valence-corrected chi connectivity index (χ4v) is 2.36. The van der Waals surface area contributed by atoms with Crippen LogP contribution in [0.1, 0.15) is 24.0 Å². The summed E-state index contributed by atoms with van der Waals surface area (Å²) in [5, 5.41) is 0. The summed E-state index contributed by atoms with van der Waals surface area (Å²) in [4.78, 5) is 13.5. The van der Waals surface area contributed by atoms with Crippen LogP contribution in [0.15, 0.2) is 18.2 Å². The smallest absolute Gasteiger partial charge is 0.307 e. The second kappa shape index (κ2) is 5.21. The number of nitrogens with zero attached hydrogens (tertiary/aromatic N) is 1. The van der Waals surface area contributed by atoms with Gasteiger partial charge in [-0.3, -0.25) is 4.79 Å². The normalized spacial score (nSPS) is 14.4. The van der Waals surface area contributed by atoms with E-state index in [2.05, 4.69) is 34.8 Å².